The molecule has 15 heteroatoms. The van der Waals surface area contributed by atoms with Crippen molar-refractivity contribution in [2.75, 3.05) is 24.3 Å². The van der Waals surface area contributed by atoms with E-state index in [0.717, 1.165) is 80.4 Å². The van der Waals surface area contributed by atoms with Crippen LogP contribution in [0.4, 0.5) is 16.2 Å². The minimum Gasteiger partial charge on any atom is -0.489 e. The topological polar surface area (TPSA) is 178 Å². The van der Waals surface area contributed by atoms with Gasteiger partial charge in [0.1, 0.15) is 23.9 Å². The number of aryl methyl sites for hydroxylation is 2. The predicted octanol–water partition coefficient (Wildman–Crippen LogP) is 7.72. The number of hydrogen-bond donors (Lipinski definition) is 4. The van der Waals surface area contributed by atoms with E-state index < -0.39 is 5.25 Å². The summed E-state index contributed by atoms with van der Waals surface area (Å²) in [6, 6.07) is 33.6. The number of aromatic amines is 1. The highest BCUT2D eigenvalue weighted by Crippen LogP contribution is 2.32. The number of carbonyl (C=O) groups excluding carboxylic acids is 3. The molecular weight excluding hydrogens is 779 g/mol. The van der Waals surface area contributed by atoms with Crippen LogP contribution >= 0.6 is 11.8 Å². The lowest BCUT2D eigenvalue weighted by Crippen LogP contribution is -2.25. The summed E-state index contributed by atoms with van der Waals surface area (Å²) < 4.78 is 14.3. The van der Waals surface area contributed by atoms with E-state index in [4.69, 9.17) is 14.5 Å². The molecular formula is C45H43N9O5S. The largest absolute Gasteiger partial charge is 0.489 e. The van der Waals surface area contributed by atoms with Crippen LogP contribution in [0.5, 0.6) is 11.5 Å². The van der Waals surface area contributed by atoms with E-state index in [1.165, 1.54) is 0 Å². The second kappa shape index (κ2) is 17.9. The first kappa shape index (κ1) is 39.8. The smallest absolute Gasteiger partial charge is 0.286 e. The van der Waals surface area contributed by atoms with Crippen molar-refractivity contribution in [3.05, 3.63) is 131 Å². The number of nitrogens with one attached hydrogen (secondary N) is 4. The van der Waals surface area contributed by atoms with Crippen LogP contribution in [0.15, 0.2) is 103 Å². The van der Waals surface area contributed by atoms with Crippen molar-refractivity contribution in [1.29, 1.82) is 0 Å². The number of H-pyrrole nitrogens is 1. The Morgan fingerprint density at radius 3 is 2.35 bits per heavy atom. The van der Waals surface area contributed by atoms with Crippen LogP contribution in [0.25, 0.3) is 33.5 Å². The van der Waals surface area contributed by atoms with Gasteiger partial charge in [-0.05, 0) is 93.9 Å². The van der Waals surface area contributed by atoms with Gasteiger partial charge in [0.2, 0.25) is 5.91 Å². The third-order valence-corrected chi connectivity index (χ3v) is 11.2. The Bertz CT molecular complexity index is 2660. The number of tetrazole rings is 1. The normalized spacial score (nSPS) is 13.7. The van der Waals surface area contributed by atoms with Crippen LogP contribution in [-0.2, 0) is 35.6 Å². The standard InChI is InChI=1S/C45H43N9O5S/c1-4-7-40-48-42-27(2)20-30(21-38(42)54(40)24-29-10-14-31(15-11-29)34-8-5-6-9-35(34)43-50-52-53-51-43)25-58-33-18-19-36(37(23-33)46-3)47-41(55)26-59-32-16-12-28(13-17-32)22-39-44(56)49-45(57)60-39/h5-6,8-21,23,39,46H,4,7,22,24-26H2,1-3H3,(H,47,55)(H,49,56,57)(H,50,51,52,53). The van der Waals surface area contributed by atoms with Gasteiger partial charge in [0.25, 0.3) is 11.1 Å². The van der Waals surface area contributed by atoms with E-state index in [1.54, 1.807) is 25.2 Å². The van der Waals surface area contributed by atoms with E-state index in [2.05, 4.69) is 97.5 Å². The lowest BCUT2D eigenvalue weighted by atomic mass is 9.98. The molecule has 0 saturated carbocycles. The molecule has 4 N–H and O–H groups in total. The quantitative estimate of drug-likeness (QED) is 0.0750. The van der Waals surface area contributed by atoms with Crippen LogP contribution < -0.4 is 25.4 Å². The highest BCUT2D eigenvalue weighted by molar-refractivity contribution is 8.15. The zero-order valence-electron chi connectivity index (χ0n) is 33.3. The van der Waals surface area contributed by atoms with Gasteiger partial charge >= 0.3 is 0 Å². The summed E-state index contributed by atoms with van der Waals surface area (Å²) in [4.78, 5) is 41.3. The average molecular weight is 822 g/mol. The molecule has 3 heterocycles. The summed E-state index contributed by atoms with van der Waals surface area (Å²) in [6.07, 6.45) is 2.26. The Balaban J connectivity index is 0.911. The van der Waals surface area contributed by atoms with Gasteiger partial charge in [-0.25, -0.2) is 10.1 Å². The van der Waals surface area contributed by atoms with Crippen molar-refractivity contribution in [3.8, 4) is 34.0 Å². The van der Waals surface area contributed by atoms with Gasteiger partial charge in [0.15, 0.2) is 12.4 Å². The minimum absolute atomic E-state index is 0.197. The third kappa shape index (κ3) is 9.00. The monoisotopic (exact) mass is 821 g/mol. The number of thioether (sulfide) groups is 1. The first-order chi connectivity index (χ1) is 29.2. The first-order valence-corrected chi connectivity index (χ1v) is 20.5. The molecule has 1 fully saturated rings. The van der Waals surface area contributed by atoms with Crippen LogP contribution in [-0.4, -0.2) is 66.1 Å². The van der Waals surface area contributed by atoms with Crippen molar-refractivity contribution in [3.63, 3.8) is 0 Å². The number of nitrogens with zero attached hydrogens (tertiary/aromatic N) is 5. The summed E-state index contributed by atoms with van der Waals surface area (Å²) in [5, 5.41) is 22.1. The molecule has 5 aromatic carbocycles. The summed E-state index contributed by atoms with van der Waals surface area (Å²) in [5.41, 5.74) is 10.5. The third-order valence-electron chi connectivity index (χ3n) is 10.2. The molecule has 1 unspecified atom stereocenters. The lowest BCUT2D eigenvalue weighted by molar-refractivity contribution is -0.119. The number of ether oxygens (including phenoxy) is 2. The van der Waals surface area contributed by atoms with E-state index in [-0.39, 0.29) is 23.7 Å². The number of imide groups is 1. The number of anilines is 2. The molecule has 60 heavy (non-hydrogen) atoms. The van der Waals surface area contributed by atoms with Crippen molar-refractivity contribution >= 4 is 51.2 Å². The zero-order chi connectivity index (χ0) is 41.6. The summed E-state index contributed by atoms with van der Waals surface area (Å²) >= 11 is 0.992. The maximum absolute atomic E-state index is 12.9. The Morgan fingerprint density at radius 2 is 1.63 bits per heavy atom. The maximum Gasteiger partial charge on any atom is 0.286 e. The van der Waals surface area contributed by atoms with Crippen LogP contribution in [0.2, 0.25) is 0 Å². The number of hydrogen-bond acceptors (Lipinski definition) is 11. The van der Waals surface area contributed by atoms with E-state index in [9.17, 15) is 14.4 Å². The number of carbonyl (C=O) groups is 3. The second-order valence-electron chi connectivity index (χ2n) is 14.5. The van der Waals surface area contributed by atoms with Gasteiger partial charge in [-0.1, -0.05) is 85.4 Å². The van der Waals surface area contributed by atoms with E-state index in [0.29, 0.717) is 48.3 Å². The number of aromatic nitrogens is 6. The number of rotatable bonds is 16. The second-order valence-corrected chi connectivity index (χ2v) is 15.6. The zero-order valence-corrected chi connectivity index (χ0v) is 34.1. The van der Waals surface area contributed by atoms with Gasteiger partial charge in [0, 0.05) is 31.6 Å². The fourth-order valence-corrected chi connectivity index (χ4v) is 8.13. The molecule has 0 bridgehead atoms. The SMILES string of the molecule is CCCc1nc2c(C)cc(COc3ccc(NC(=O)COc4ccc(CC5SC(=O)NC5=O)cc4)c(NC)c3)cc2n1Cc1ccc(-c2ccccc2-c2nnn[nH]2)cc1. The molecule has 3 amide bonds. The van der Waals surface area contributed by atoms with Crippen LogP contribution in [0, 0.1) is 6.92 Å². The van der Waals surface area contributed by atoms with Gasteiger partial charge in [0.05, 0.1) is 27.7 Å². The first-order valence-electron chi connectivity index (χ1n) is 19.6. The Kier molecular flexibility index (Phi) is 11.9. The minimum atomic E-state index is -0.445. The van der Waals surface area contributed by atoms with E-state index >= 15 is 0 Å². The molecule has 1 atom stereocenters. The average Bonchev–Trinajstić information content (AvgIpc) is 4.00. The molecule has 304 valence electrons. The predicted molar refractivity (Wildman–Crippen MR) is 232 cm³/mol. The number of amides is 3. The molecule has 0 aliphatic carbocycles. The Morgan fingerprint density at radius 1 is 0.867 bits per heavy atom. The summed E-state index contributed by atoms with van der Waals surface area (Å²) in [6.45, 7) is 5.07. The fraction of sp³-hybridized carbons (Fsp3) is 0.222. The molecule has 8 rings (SSSR count). The molecule has 0 spiro atoms. The highest BCUT2D eigenvalue weighted by Gasteiger charge is 2.31. The van der Waals surface area contributed by atoms with Crippen molar-refractivity contribution in [2.45, 2.75) is 51.5 Å². The maximum atomic E-state index is 12.9. The van der Waals surface area contributed by atoms with Gasteiger partial charge in [-0.15, -0.1) is 5.10 Å². The number of fused-ring (bicyclic) bond motifs is 1. The van der Waals surface area contributed by atoms with Crippen LogP contribution in [0.3, 0.4) is 0 Å². The number of benzene rings is 5. The summed E-state index contributed by atoms with van der Waals surface area (Å²) in [5.74, 6) is 2.22. The molecule has 1 aliphatic heterocycles. The van der Waals surface area contributed by atoms with E-state index in [1.807, 2.05) is 42.5 Å². The Hall–Kier alpha value is -7.00. The van der Waals surface area contributed by atoms with Crippen molar-refractivity contribution in [1.82, 2.24) is 35.5 Å². The van der Waals surface area contributed by atoms with Crippen molar-refractivity contribution in [2.24, 2.45) is 0 Å². The van der Waals surface area contributed by atoms with Crippen molar-refractivity contribution < 1.29 is 23.9 Å². The number of imidazole rings is 1. The molecule has 0 radical (unpaired) electrons. The highest BCUT2D eigenvalue weighted by atomic mass is 32.2. The fourth-order valence-electron chi connectivity index (χ4n) is 7.27. The van der Waals surface area contributed by atoms with Gasteiger partial charge < -0.3 is 24.7 Å². The lowest BCUT2D eigenvalue weighted by Gasteiger charge is -2.15. The van der Waals surface area contributed by atoms with Gasteiger partial charge in [-0.3, -0.25) is 19.7 Å². The van der Waals surface area contributed by atoms with Crippen LogP contribution in [0.1, 0.15) is 41.4 Å². The summed E-state index contributed by atoms with van der Waals surface area (Å²) in [7, 11) is 1.78. The molecule has 7 aromatic rings. The molecule has 1 aliphatic rings. The molecule has 14 nitrogen and oxygen atoms in total. The Labute approximate surface area is 350 Å². The molecule has 1 saturated heterocycles. The van der Waals surface area contributed by atoms with Gasteiger partial charge in [-0.2, -0.15) is 0 Å². The molecule has 2 aromatic heterocycles.